The topological polar surface area (TPSA) is 113 Å². The molecule has 0 bridgehead atoms. The van der Waals surface area contributed by atoms with Crippen LogP contribution in [0.1, 0.15) is 75.8 Å². The maximum Gasteiger partial charge on any atom is 0.333 e. The molecule has 0 aliphatic rings. The summed E-state index contributed by atoms with van der Waals surface area (Å²) in [6.07, 6.45) is 13.9. The van der Waals surface area contributed by atoms with Gasteiger partial charge in [0.25, 0.3) is 5.69 Å². The number of rotatable bonds is 15. The Bertz CT molecular complexity index is 1290. The van der Waals surface area contributed by atoms with Crippen LogP contribution in [0.15, 0.2) is 60.9 Å². The average molecular weight is 530 g/mol. The number of non-ortho nitro benzene ring substituents is 1. The van der Waals surface area contributed by atoms with Crippen LogP contribution < -0.4 is 0 Å². The Hall–Kier alpha value is -4.32. The average Bonchev–Trinajstić information content (AvgIpc) is 3.41. The molecule has 9 heteroatoms. The largest absolute Gasteiger partial charge is 0.462 e. The Morgan fingerprint density at radius 1 is 0.923 bits per heavy atom. The Balaban J connectivity index is 1.29. The molecule has 0 saturated heterocycles. The molecule has 3 rings (SSSR count). The molecule has 2 aromatic heterocycles. The van der Waals surface area contributed by atoms with Gasteiger partial charge in [-0.05, 0) is 44.0 Å². The van der Waals surface area contributed by atoms with Gasteiger partial charge in [-0.1, -0.05) is 68.6 Å². The summed E-state index contributed by atoms with van der Waals surface area (Å²) < 4.78 is 6.96. The molecule has 0 spiro atoms. The fourth-order valence-corrected chi connectivity index (χ4v) is 3.86. The summed E-state index contributed by atoms with van der Waals surface area (Å²) in [4.78, 5) is 26.1. The zero-order valence-corrected chi connectivity index (χ0v) is 22.5. The van der Waals surface area contributed by atoms with Crippen LogP contribution >= 0.6 is 0 Å². The second-order valence-corrected chi connectivity index (χ2v) is 9.45. The summed E-state index contributed by atoms with van der Waals surface area (Å²) in [5.74, 6) is 5.71. The Morgan fingerprint density at radius 2 is 1.54 bits per heavy atom. The highest BCUT2D eigenvalue weighted by Gasteiger charge is 2.06. The van der Waals surface area contributed by atoms with Gasteiger partial charge in [0.2, 0.25) is 0 Å². The van der Waals surface area contributed by atoms with Crippen LogP contribution in [-0.4, -0.2) is 37.5 Å². The van der Waals surface area contributed by atoms with Gasteiger partial charge in [0.05, 0.1) is 23.4 Å². The van der Waals surface area contributed by atoms with Crippen LogP contribution in [-0.2, 0) is 16.1 Å². The number of benzene rings is 1. The van der Waals surface area contributed by atoms with Gasteiger partial charge in [-0.3, -0.25) is 19.8 Å². The molecular weight excluding hydrogens is 494 g/mol. The quantitative estimate of drug-likeness (QED) is 0.0568. The molecule has 3 aromatic rings. The number of aryl methyl sites for hydroxylation is 1. The fourth-order valence-electron chi connectivity index (χ4n) is 3.86. The maximum atomic E-state index is 11.3. The van der Waals surface area contributed by atoms with Crippen molar-refractivity contribution < 1.29 is 14.5 Å². The van der Waals surface area contributed by atoms with Crippen molar-refractivity contribution in [2.75, 3.05) is 6.61 Å². The van der Waals surface area contributed by atoms with Gasteiger partial charge in [-0.25, -0.2) is 4.79 Å². The van der Waals surface area contributed by atoms with E-state index in [0.717, 1.165) is 49.2 Å². The van der Waals surface area contributed by atoms with Crippen LogP contribution in [0.5, 0.6) is 0 Å². The van der Waals surface area contributed by atoms with Crippen LogP contribution in [0.25, 0.3) is 11.4 Å². The van der Waals surface area contributed by atoms with E-state index in [1.165, 1.54) is 44.2 Å². The zero-order chi connectivity index (χ0) is 27.9. The third-order valence-corrected chi connectivity index (χ3v) is 6.11. The van der Waals surface area contributed by atoms with Gasteiger partial charge in [0, 0.05) is 41.6 Å². The van der Waals surface area contributed by atoms with E-state index in [1.54, 1.807) is 25.3 Å². The number of unbranched alkanes of at least 4 members (excludes halogenated alkanes) is 8. The summed E-state index contributed by atoms with van der Waals surface area (Å²) >= 11 is 0. The first-order chi connectivity index (χ1) is 18.9. The third kappa shape index (κ3) is 10.5. The molecule has 0 unspecified atom stereocenters. The molecule has 2 heterocycles. The van der Waals surface area contributed by atoms with E-state index < -0.39 is 4.92 Å². The van der Waals surface area contributed by atoms with E-state index in [1.807, 2.05) is 23.0 Å². The first kappa shape index (κ1) is 29.2. The first-order valence-corrected chi connectivity index (χ1v) is 13.4. The van der Waals surface area contributed by atoms with Crippen LogP contribution in [0, 0.1) is 22.0 Å². The molecule has 39 heavy (non-hydrogen) atoms. The Kier molecular flexibility index (Phi) is 11.9. The fraction of sp³-hybridized carbons (Fsp3) is 0.400. The van der Waals surface area contributed by atoms with Gasteiger partial charge in [0.15, 0.2) is 0 Å². The molecule has 0 fully saturated rings. The summed E-state index contributed by atoms with van der Waals surface area (Å²) in [6.45, 7) is 6.55. The predicted molar refractivity (Wildman–Crippen MR) is 150 cm³/mol. The second kappa shape index (κ2) is 15.8. The SMILES string of the molecule is C=C(C)C(=O)OCCCCCCCCCCCn1cc(-c2ccc(C#Cc3ccc([N+](=O)[O-])cc3)cn2)nn1. The van der Waals surface area contributed by atoms with Crippen molar-refractivity contribution in [3.05, 3.63) is 82.2 Å². The minimum atomic E-state index is -0.432. The number of carbonyl (C=O) groups excluding carboxylic acids is 1. The van der Waals surface area contributed by atoms with Crippen molar-refractivity contribution in [1.29, 1.82) is 0 Å². The van der Waals surface area contributed by atoms with E-state index in [4.69, 9.17) is 4.74 Å². The number of nitrogens with zero attached hydrogens (tertiary/aromatic N) is 5. The summed E-state index contributed by atoms with van der Waals surface area (Å²) in [5, 5.41) is 19.2. The Morgan fingerprint density at radius 3 is 2.15 bits per heavy atom. The zero-order valence-electron chi connectivity index (χ0n) is 22.5. The van der Waals surface area contributed by atoms with Crippen LogP contribution in [0.4, 0.5) is 5.69 Å². The number of ether oxygens (including phenoxy) is 1. The smallest absolute Gasteiger partial charge is 0.333 e. The lowest BCUT2D eigenvalue weighted by atomic mass is 10.1. The summed E-state index contributed by atoms with van der Waals surface area (Å²) in [5.41, 5.74) is 3.39. The van der Waals surface area contributed by atoms with Gasteiger partial charge in [-0.2, -0.15) is 0 Å². The lowest BCUT2D eigenvalue weighted by Gasteiger charge is -2.04. The number of nitro groups is 1. The van der Waals surface area contributed by atoms with Crippen molar-refractivity contribution in [1.82, 2.24) is 20.0 Å². The van der Waals surface area contributed by atoms with Crippen molar-refractivity contribution in [2.45, 2.75) is 71.3 Å². The molecule has 0 radical (unpaired) electrons. The minimum Gasteiger partial charge on any atom is -0.462 e. The van der Waals surface area contributed by atoms with Crippen molar-refractivity contribution >= 4 is 11.7 Å². The summed E-state index contributed by atoms with van der Waals surface area (Å²) in [6, 6.07) is 9.87. The molecule has 0 aliphatic heterocycles. The number of carbonyl (C=O) groups is 1. The van der Waals surface area contributed by atoms with E-state index in [9.17, 15) is 14.9 Å². The molecule has 1 aromatic carbocycles. The molecule has 0 aliphatic carbocycles. The number of hydrogen-bond donors (Lipinski definition) is 0. The van der Waals surface area contributed by atoms with E-state index in [0.29, 0.717) is 17.7 Å². The van der Waals surface area contributed by atoms with Gasteiger partial charge < -0.3 is 4.74 Å². The summed E-state index contributed by atoms with van der Waals surface area (Å²) in [7, 11) is 0. The lowest BCUT2D eigenvalue weighted by Crippen LogP contribution is -2.05. The minimum absolute atomic E-state index is 0.0417. The normalized spacial score (nSPS) is 10.5. The monoisotopic (exact) mass is 529 g/mol. The molecule has 204 valence electrons. The van der Waals surface area contributed by atoms with Gasteiger partial charge >= 0.3 is 5.97 Å². The highest BCUT2D eigenvalue weighted by molar-refractivity contribution is 5.86. The van der Waals surface area contributed by atoms with E-state index in [2.05, 4.69) is 33.7 Å². The number of nitro benzene ring substituents is 1. The first-order valence-electron chi connectivity index (χ1n) is 13.4. The molecule has 0 saturated carbocycles. The standard InChI is InChI=1S/C30H35N5O4/c1-24(2)30(36)39-21-11-9-7-5-3-4-6-8-10-20-34-23-29(32-33-34)28-19-16-26(22-31-28)13-12-25-14-17-27(18-15-25)35(37)38/h14-19,22-23H,1,3-11,20-21H2,2H3. The molecule has 0 N–H and O–H groups in total. The van der Waals surface area contributed by atoms with Crippen molar-refractivity contribution in [3.63, 3.8) is 0 Å². The number of aromatic nitrogens is 4. The second-order valence-electron chi connectivity index (χ2n) is 9.45. The predicted octanol–water partition coefficient (Wildman–Crippen LogP) is 6.28. The maximum absolute atomic E-state index is 11.3. The van der Waals surface area contributed by atoms with E-state index in [-0.39, 0.29) is 11.7 Å². The lowest BCUT2D eigenvalue weighted by molar-refractivity contribution is -0.384. The number of pyridine rings is 1. The molecule has 0 atom stereocenters. The van der Waals surface area contributed by atoms with Crippen LogP contribution in [0.2, 0.25) is 0 Å². The van der Waals surface area contributed by atoms with E-state index >= 15 is 0 Å². The van der Waals surface area contributed by atoms with Crippen molar-refractivity contribution in [3.8, 4) is 23.2 Å². The number of esters is 1. The number of hydrogen-bond acceptors (Lipinski definition) is 7. The molecule has 9 nitrogen and oxygen atoms in total. The molecular formula is C30H35N5O4. The molecule has 0 amide bonds. The van der Waals surface area contributed by atoms with Gasteiger partial charge in [-0.15, -0.1) is 5.10 Å². The van der Waals surface area contributed by atoms with Crippen LogP contribution in [0.3, 0.4) is 0 Å². The highest BCUT2D eigenvalue weighted by atomic mass is 16.6. The highest BCUT2D eigenvalue weighted by Crippen LogP contribution is 2.15. The Labute approximate surface area is 229 Å². The van der Waals surface area contributed by atoms with Crippen molar-refractivity contribution in [2.24, 2.45) is 0 Å². The third-order valence-electron chi connectivity index (χ3n) is 6.11. The van der Waals surface area contributed by atoms with Gasteiger partial charge in [0.1, 0.15) is 5.69 Å².